The summed E-state index contributed by atoms with van der Waals surface area (Å²) in [4.78, 5) is 9.30. The van der Waals surface area contributed by atoms with Gasteiger partial charge < -0.3 is 10.3 Å². The van der Waals surface area contributed by atoms with Crippen molar-refractivity contribution >= 4 is 16.7 Å². The lowest BCUT2D eigenvalue weighted by atomic mass is 10.1. The predicted molar refractivity (Wildman–Crippen MR) is 87.1 cm³/mol. The summed E-state index contributed by atoms with van der Waals surface area (Å²) in [6, 6.07) is 10.1. The van der Waals surface area contributed by atoms with Crippen LogP contribution in [0.2, 0.25) is 0 Å². The van der Waals surface area contributed by atoms with Gasteiger partial charge in [-0.25, -0.2) is 4.98 Å². The van der Waals surface area contributed by atoms with Gasteiger partial charge in [-0.1, -0.05) is 38.1 Å². The SMILES string of the molecule is CCn1c(C(C)C)nc(-c2cccc3cccnc23)c1N. The third-order valence-electron chi connectivity index (χ3n) is 3.76. The first-order valence-corrected chi connectivity index (χ1v) is 7.33. The van der Waals surface area contributed by atoms with E-state index < -0.39 is 0 Å². The maximum Gasteiger partial charge on any atom is 0.131 e. The Hall–Kier alpha value is -2.36. The van der Waals surface area contributed by atoms with Crippen LogP contribution in [0.3, 0.4) is 0 Å². The molecule has 1 aromatic carbocycles. The molecule has 2 N–H and O–H groups in total. The number of fused-ring (bicyclic) bond motifs is 1. The molecule has 0 spiro atoms. The molecule has 0 unspecified atom stereocenters. The van der Waals surface area contributed by atoms with E-state index in [0.29, 0.717) is 5.92 Å². The van der Waals surface area contributed by atoms with Crippen LogP contribution < -0.4 is 5.73 Å². The normalized spacial score (nSPS) is 11.4. The average Bonchev–Trinajstić information content (AvgIpc) is 2.83. The number of rotatable bonds is 3. The zero-order valence-corrected chi connectivity index (χ0v) is 12.7. The molecule has 108 valence electrons. The molecule has 21 heavy (non-hydrogen) atoms. The number of nitrogens with zero attached hydrogens (tertiary/aromatic N) is 3. The van der Waals surface area contributed by atoms with E-state index in [1.54, 1.807) is 0 Å². The number of benzene rings is 1. The van der Waals surface area contributed by atoms with Gasteiger partial charge in [0, 0.05) is 29.6 Å². The van der Waals surface area contributed by atoms with Gasteiger partial charge in [-0.05, 0) is 13.0 Å². The van der Waals surface area contributed by atoms with E-state index in [0.717, 1.165) is 40.3 Å². The average molecular weight is 280 g/mol. The monoisotopic (exact) mass is 280 g/mol. The minimum absolute atomic E-state index is 0.337. The van der Waals surface area contributed by atoms with Crippen molar-refractivity contribution in [3.63, 3.8) is 0 Å². The molecule has 3 aromatic rings. The number of hydrogen-bond donors (Lipinski definition) is 1. The molecular formula is C17H20N4. The van der Waals surface area contributed by atoms with E-state index in [1.807, 2.05) is 24.4 Å². The lowest BCUT2D eigenvalue weighted by Gasteiger charge is -2.08. The van der Waals surface area contributed by atoms with Crippen molar-refractivity contribution < 1.29 is 0 Å². The second-order valence-electron chi connectivity index (χ2n) is 5.48. The van der Waals surface area contributed by atoms with Crippen LogP contribution in [0.5, 0.6) is 0 Å². The van der Waals surface area contributed by atoms with Crippen LogP contribution in [0.1, 0.15) is 32.5 Å². The Morgan fingerprint density at radius 2 is 1.95 bits per heavy atom. The Morgan fingerprint density at radius 1 is 1.19 bits per heavy atom. The van der Waals surface area contributed by atoms with Gasteiger partial charge in [0.05, 0.1) is 5.52 Å². The highest BCUT2D eigenvalue weighted by Crippen LogP contribution is 2.33. The van der Waals surface area contributed by atoms with Crippen LogP contribution in [0.4, 0.5) is 5.82 Å². The van der Waals surface area contributed by atoms with Crippen molar-refractivity contribution in [2.45, 2.75) is 33.2 Å². The number of para-hydroxylation sites is 1. The highest BCUT2D eigenvalue weighted by Gasteiger charge is 2.19. The van der Waals surface area contributed by atoms with Gasteiger partial charge in [-0.3, -0.25) is 4.98 Å². The van der Waals surface area contributed by atoms with Gasteiger partial charge in [-0.2, -0.15) is 0 Å². The molecule has 0 bridgehead atoms. The number of anilines is 1. The number of nitrogens with two attached hydrogens (primary N) is 1. The van der Waals surface area contributed by atoms with E-state index in [-0.39, 0.29) is 0 Å². The van der Waals surface area contributed by atoms with Gasteiger partial charge >= 0.3 is 0 Å². The molecule has 0 fully saturated rings. The summed E-state index contributed by atoms with van der Waals surface area (Å²) in [5.41, 5.74) is 9.13. The quantitative estimate of drug-likeness (QED) is 0.793. The fraction of sp³-hybridized carbons (Fsp3) is 0.294. The Balaban J connectivity index is 2.29. The maximum absolute atomic E-state index is 6.35. The van der Waals surface area contributed by atoms with E-state index in [9.17, 15) is 0 Å². The van der Waals surface area contributed by atoms with E-state index in [2.05, 4.69) is 42.5 Å². The van der Waals surface area contributed by atoms with E-state index >= 15 is 0 Å². The van der Waals surface area contributed by atoms with Gasteiger partial charge in [0.2, 0.25) is 0 Å². The van der Waals surface area contributed by atoms with Crippen LogP contribution in [-0.4, -0.2) is 14.5 Å². The molecule has 3 rings (SSSR count). The van der Waals surface area contributed by atoms with Gasteiger partial charge in [-0.15, -0.1) is 0 Å². The van der Waals surface area contributed by atoms with Crippen LogP contribution in [-0.2, 0) is 6.54 Å². The first-order chi connectivity index (χ1) is 10.1. The molecule has 4 nitrogen and oxygen atoms in total. The van der Waals surface area contributed by atoms with Crippen LogP contribution in [0.25, 0.3) is 22.2 Å². The van der Waals surface area contributed by atoms with Crippen molar-refractivity contribution in [3.8, 4) is 11.3 Å². The van der Waals surface area contributed by atoms with Crippen LogP contribution in [0, 0.1) is 0 Å². The van der Waals surface area contributed by atoms with Gasteiger partial charge in [0.25, 0.3) is 0 Å². The Bertz CT molecular complexity index is 781. The fourth-order valence-corrected chi connectivity index (χ4v) is 2.75. The van der Waals surface area contributed by atoms with Crippen molar-refractivity contribution in [3.05, 3.63) is 42.4 Å². The first-order valence-electron chi connectivity index (χ1n) is 7.33. The van der Waals surface area contributed by atoms with Crippen molar-refractivity contribution in [1.29, 1.82) is 0 Å². The van der Waals surface area contributed by atoms with Crippen molar-refractivity contribution in [2.24, 2.45) is 0 Å². The Morgan fingerprint density at radius 3 is 2.62 bits per heavy atom. The van der Waals surface area contributed by atoms with E-state index in [1.165, 1.54) is 0 Å². The summed E-state index contributed by atoms with van der Waals surface area (Å²) in [5.74, 6) is 2.08. The minimum Gasteiger partial charge on any atom is -0.383 e. The summed E-state index contributed by atoms with van der Waals surface area (Å²) >= 11 is 0. The molecule has 2 heterocycles. The third-order valence-corrected chi connectivity index (χ3v) is 3.76. The first kappa shape index (κ1) is 13.6. The topological polar surface area (TPSA) is 56.7 Å². The molecule has 0 aliphatic carbocycles. The summed E-state index contributed by atoms with van der Waals surface area (Å²) in [6.45, 7) is 7.19. The molecule has 0 atom stereocenters. The summed E-state index contributed by atoms with van der Waals surface area (Å²) in [6.07, 6.45) is 1.81. The second kappa shape index (κ2) is 5.20. The maximum atomic E-state index is 6.35. The molecule has 0 amide bonds. The standard InChI is InChI=1S/C17H20N4/c1-4-21-16(18)15(20-17(21)11(2)3)13-9-5-7-12-8-6-10-19-14(12)13/h5-11H,4,18H2,1-3H3. The number of pyridine rings is 1. The number of aromatic nitrogens is 3. The summed E-state index contributed by atoms with van der Waals surface area (Å²) in [7, 11) is 0. The lowest BCUT2D eigenvalue weighted by molar-refractivity contribution is 0.658. The molecule has 2 aromatic heterocycles. The number of hydrogen-bond acceptors (Lipinski definition) is 3. The van der Waals surface area contributed by atoms with Crippen molar-refractivity contribution in [2.75, 3.05) is 5.73 Å². The predicted octanol–water partition coefficient (Wildman–Crippen LogP) is 3.82. The summed E-state index contributed by atoms with van der Waals surface area (Å²) < 4.78 is 2.09. The van der Waals surface area contributed by atoms with Gasteiger partial charge in [0.15, 0.2) is 0 Å². The zero-order chi connectivity index (χ0) is 15.0. The zero-order valence-electron chi connectivity index (χ0n) is 12.7. The fourth-order valence-electron chi connectivity index (χ4n) is 2.75. The van der Waals surface area contributed by atoms with E-state index in [4.69, 9.17) is 10.7 Å². The molecule has 4 heteroatoms. The van der Waals surface area contributed by atoms with Crippen molar-refractivity contribution in [1.82, 2.24) is 14.5 Å². The largest absolute Gasteiger partial charge is 0.383 e. The Labute approximate surface area is 124 Å². The van der Waals surface area contributed by atoms with Crippen LogP contribution in [0.15, 0.2) is 36.5 Å². The van der Waals surface area contributed by atoms with Crippen LogP contribution >= 0.6 is 0 Å². The van der Waals surface area contributed by atoms with Gasteiger partial charge in [0.1, 0.15) is 17.3 Å². The lowest BCUT2D eigenvalue weighted by Crippen LogP contribution is -2.06. The molecule has 0 saturated carbocycles. The molecule has 0 radical (unpaired) electrons. The minimum atomic E-state index is 0.337. The third kappa shape index (κ3) is 2.17. The molecule has 0 aliphatic rings. The number of nitrogen functional groups attached to an aromatic ring is 1. The highest BCUT2D eigenvalue weighted by molar-refractivity contribution is 5.94. The summed E-state index contributed by atoms with van der Waals surface area (Å²) in [5, 5.41) is 1.10. The number of imidazole rings is 1. The smallest absolute Gasteiger partial charge is 0.131 e. The Kier molecular flexibility index (Phi) is 3.37. The highest BCUT2D eigenvalue weighted by atomic mass is 15.1. The molecule has 0 saturated heterocycles. The molecular weight excluding hydrogens is 260 g/mol. The second-order valence-corrected chi connectivity index (χ2v) is 5.48. The molecule has 0 aliphatic heterocycles.